The van der Waals surface area contributed by atoms with Crippen molar-refractivity contribution in [2.75, 3.05) is 4.90 Å². The molecule has 1 aromatic heterocycles. The lowest BCUT2D eigenvalue weighted by atomic mass is 10.1. The number of hydrogen-bond acceptors (Lipinski definition) is 3. The largest absolute Gasteiger partial charge is 0.349 e. The second-order valence-corrected chi connectivity index (χ2v) is 6.75. The number of rotatable bonds is 6. The minimum absolute atomic E-state index is 0.00689. The number of pyridine rings is 1. The number of nitrogens with one attached hydrogen (secondary N) is 1. The Morgan fingerprint density at radius 2 is 1.46 bits per heavy atom. The average molecular weight is 373 g/mol. The Hall–Kier alpha value is -3.47. The lowest BCUT2D eigenvalue weighted by Gasteiger charge is -2.23. The predicted molar refractivity (Wildman–Crippen MR) is 110 cm³/mol. The van der Waals surface area contributed by atoms with Crippen LogP contribution < -0.4 is 10.2 Å². The topological polar surface area (TPSA) is 62.3 Å². The van der Waals surface area contributed by atoms with Gasteiger partial charge in [0, 0.05) is 11.7 Å². The highest BCUT2D eigenvalue weighted by atomic mass is 16.2. The Labute approximate surface area is 165 Å². The molecular weight excluding hydrogens is 350 g/mol. The van der Waals surface area contributed by atoms with E-state index in [4.69, 9.17) is 0 Å². The molecule has 142 valence electrons. The standard InChI is InChI=1S/C23H23N3O2/c1-17(2)24-22(27)20-14-9-15-21(25-20)23(28)26(19-12-7-4-8-13-19)16-18-10-5-3-6-11-18/h3-15,17H,16H2,1-2H3,(H,24,27). The minimum Gasteiger partial charge on any atom is -0.349 e. The molecule has 0 atom stereocenters. The Morgan fingerprint density at radius 3 is 2.11 bits per heavy atom. The number of amides is 2. The number of carbonyl (C=O) groups excluding carboxylic acids is 2. The second-order valence-electron chi connectivity index (χ2n) is 6.75. The molecule has 0 radical (unpaired) electrons. The second kappa shape index (κ2) is 8.95. The number of nitrogens with zero attached hydrogens (tertiary/aromatic N) is 2. The molecule has 3 rings (SSSR count). The molecule has 0 spiro atoms. The highest BCUT2D eigenvalue weighted by molar-refractivity contribution is 6.05. The van der Waals surface area contributed by atoms with Crippen LogP contribution in [-0.4, -0.2) is 22.8 Å². The van der Waals surface area contributed by atoms with Gasteiger partial charge in [-0.3, -0.25) is 9.59 Å². The molecule has 1 heterocycles. The van der Waals surface area contributed by atoms with E-state index in [2.05, 4.69) is 10.3 Å². The highest BCUT2D eigenvalue weighted by Crippen LogP contribution is 2.19. The molecule has 5 nitrogen and oxygen atoms in total. The van der Waals surface area contributed by atoms with Gasteiger partial charge in [0.05, 0.1) is 6.54 Å². The van der Waals surface area contributed by atoms with Crippen molar-refractivity contribution in [2.24, 2.45) is 0 Å². The van der Waals surface area contributed by atoms with E-state index in [0.717, 1.165) is 11.3 Å². The normalized spacial score (nSPS) is 10.5. The van der Waals surface area contributed by atoms with Crippen LogP contribution in [0.5, 0.6) is 0 Å². The van der Waals surface area contributed by atoms with Crippen LogP contribution in [0.2, 0.25) is 0 Å². The van der Waals surface area contributed by atoms with E-state index in [1.165, 1.54) is 0 Å². The van der Waals surface area contributed by atoms with E-state index >= 15 is 0 Å². The summed E-state index contributed by atoms with van der Waals surface area (Å²) in [6.07, 6.45) is 0. The van der Waals surface area contributed by atoms with Crippen molar-refractivity contribution in [3.8, 4) is 0 Å². The van der Waals surface area contributed by atoms with E-state index in [1.54, 1.807) is 23.1 Å². The van der Waals surface area contributed by atoms with E-state index < -0.39 is 0 Å². The van der Waals surface area contributed by atoms with Gasteiger partial charge in [-0.1, -0.05) is 54.6 Å². The number of hydrogen-bond donors (Lipinski definition) is 1. The zero-order valence-corrected chi connectivity index (χ0v) is 16.0. The summed E-state index contributed by atoms with van der Waals surface area (Å²) in [5, 5.41) is 2.80. The van der Waals surface area contributed by atoms with Crippen molar-refractivity contribution in [1.29, 1.82) is 0 Å². The van der Waals surface area contributed by atoms with Crippen LogP contribution in [0.25, 0.3) is 0 Å². The molecule has 5 heteroatoms. The molecule has 0 aliphatic carbocycles. The van der Waals surface area contributed by atoms with Crippen molar-refractivity contribution in [2.45, 2.75) is 26.4 Å². The summed E-state index contributed by atoms with van der Waals surface area (Å²) in [7, 11) is 0. The number of anilines is 1. The zero-order chi connectivity index (χ0) is 19.9. The summed E-state index contributed by atoms with van der Waals surface area (Å²) in [4.78, 5) is 31.5. The van der Waals surface area contributed by atoms with Crippen LogP contribution in [0.1, 0.15) is 40.4 Å². The fourth-order valence-corrected chi connectivity index (χ4v) is 2.81. The number of carbonyl (C=O) groups is 2. The number of para-hydroxylation sites is 1. The predicted octanol–water partition coefficient (Wildman–Crippen LogP) is 4.07. The van der Waals surface area contributed by atoms with Gasteiger partial charge in [0.25, 0.3) is 11.8 Å². The first kappa shape index (κ1) is 19.3. The zero-order valence-electron chi connectivity index (χ0n) is 16.0. The molecule has 1 N–H and O–H groups in total. The van der Waals surface area contributed by atoms with E-state index in [9.17, 15) is 9.59 Å². The number of benzene rings is 2. The third-order valence-corrected chi connectivity index (χ3v) is 4.12. The summed E-state index contributed by atoms with van der Waals surface area (Å²) >= 11 is 0. The van der Waals surface area contributed by atoms with Crippen molar-refractivity contribution in [1.82, 2.24) is 10.3 Å². The van der Waals surface area contributed by atoms with Gasteiger partial charge in [-0.2, -0.15) is 0 Å². The lowest BCUT2D eigenvalue weighted by Crippen LogP contribution is -2.33. The molecule has 0 bridgehead atoms. The van der Waals surface area contributed by atoms with Crippen molar-refractivity contribution in [3.63, 3.8) is 0 Å². The van der Waals surface area contributed by atoms with Gasteiger partial charge in [0.15, 0.2) is 0 Å². The summed E-state index contributed by atoms with van der Waals surface area (Å²) in [5.41, 5.74) is 2.24. The van der Waals surface area contributed by atoms with Crippen LogP contribution >= 0.6 is 0 Å². The molecule has 0 fully saturated rings. The van der Waals surface area contributed by atoms with Gasteiger partial charge in [-0.15, -0.1) is 0 Å². The molecule has 2 amide bonds. The van der Waals surface area contributed by atoms with Gasteiger partial charge in [0.1, 0.15) is 11.4 Å². The Bertz CT molecular complexity index is 940. The monoisotopic (exact) mass is 373 g/mol. The van der Waals surface area contributed by atoms with Crippen molar-refractivity contribution in [3.05, 3.63) is 95.8 Å². The molecule has 0 aliphatic heterocycles. The van der Waals surface area contributed by atoms with Gasteiger partial charge >= 0.3 is 0 Å². The fourth-order valence-electron chi connectivity index (χ4n) is 2.81. The SMILES string of the molecule is CC(C)NC(=O)c1cccc(C(=O)N(Cc2ccccc2)c2ccccc2)n1. The van der Waals surface area contributed by atoms with Crippen LogP contribution in [-0.2, 0) is 6.54 Å². The van der Waals surface area contributed by atoms with Gasteiger partial charge in [0.2, 0.25) is 0 Å². The highest BCUT2D eigenvalue weighted by Gasteiger charge is 2.20. The summed E-state index contributed by atoms with van der Waals surface area (Å²) in [5.74, 6) is -0.548. The summed E-state index contributed by atoms with van der Waals surface area (Å²) in [6.45, 7) is 4.17. The summed E-state index contributed by atoms with van der Waals surface area (Å²) in [6, 6.07) is 24.2. The third-order valence-electron chi connectivity index (χ3n) is 4.12. The van der Waals surface area contributed by atoms with Gasteiger partial charge in [-0.25, -0.2) is 4.98 Å². The third kappa shape index (κ3) is 4.82. The van der Waals surface area contributed by atoms with Crippen LogP contribution in [0.3, 0.4) is 0 Å². The van der Waals surface area contributed by atoms with Gasteiger partial charge < -0.3 is 10.2 Å². The Balaban J connectivity index is 1.92. The maximum Gasteiger partial charge on any atom is 0.277 e. The minimum atomic E-state index is -0.293. The maximum absolute atomic E-state index is 13.3. The smallest absolute Gasteiger partial charge is 0.277 e. The Kier molecular flexibility index (Phi) is 6.17. The molecule has 0 aliphatic rings. The molecular formula is C23H23N3O2. The van der Waals surface area contributed by atoms with Crippen molar-refractivity contribution < 1.29 is 9.59 Å². The van der Waals surface area contributed by atoms with E-state index in [-0.39, 0.29) is 29.2 Å². The first-order valence-corrected chi connectivity index (χ1v) is 9.23. The molecule has 28 heavy (non-hydrogen) atoms. The van der Waals surface area contributed by atoms with Gasteiger partial charge in [-0.05, 0) is 43.7 Å². The molecule has 0 unspecified atom stereocenters. The first-order chi connectivity index (χ1) is 13.5. The van der Waals surface area contributed by atoms with E-state index in [0.29, 0.717) is 6.54 Å². The molecule has 0 saturated heterocycles. The first-order valence-electron chi connectivity index (χ1n) is 9.23. The van der Waals surface area contributed by atoms with Crippen molar-refractivity contribution >= 4 is 17.5 Å². The van der Waals surface area contributed by atoms with Crippen LogP contribution in [0.15, 0.2) is 78.9 Å². The number of aromatic nitrogens is 1. The molecule has 0 saturated carbocycles. The average Bonchev–Trinajstić information content (AvgIpc) is 2.72. The van der Waals surface area contributed by atoms with E-state index in [1.807, 2.05) is 74.5 Å². The fraction of sp³-hybridized carbons (Fsp3) is 0.174. The maximum atomic E-state index is 13.3. The quantitative estimate of drug-likeness (QED) is 0.709. The Morgan fingerprint density at radius 1 is 0.857 bits per heavy atom. The summed E-state index contributed by atoms with van der Waals surface area (Å²) < 4.78 is 0. The molecule has 3 aromatic rings. The van der Waals surface area contributed by atoms with Crippen LogP contribution in [0, 0.1) is 0 Å². The van der Waals surface area contributed by atoms with Crippen LogP contribution in [0.4, 0.5) is 5.69 Å². The lowest BCUT2D eigenvalue weighted by molar-refractivity contribution is 0.0937. The molecule has 2 aromatic carbocycles.